The standard InChI is InChI=1S/2C6H6N2O2.2C5H8O5.3Zn/c2*9-6(10)2-1-5-3-7-4-8-5;2*1-5(10,4(8)9)2-3(6)7;;;/h2*1-4H,(H,7,8)(H,9,10);2*10H,2H2,1H3,(H,6,7)(H,8,9);;;/q;;;;3*+2/p-6. The third kappa shape index (κ3) is 28.4. The first kappa shape index (κ1) is 49.2. The van der Waals surface area contributed by atoms with E-state index in [4.69, 9.17) is 10.2 Å². The molecular formula is C22H22N4O14Zn3. The fourth-order valence-corrected chi connectivity index (χ4v) is 1.74. The molecule has 0 radical (unpaired) electrons. The molecule has 0 aliphatic carbocycles. The van der Waals surface area contributed by atoms with Crippen LogP contribution in [0.1, 0.15) is 38.1 Å². The zero-order valence-electron chi connectivity index (χ0n) is 22.8. The molecule has 2 atom stereocenters. The zero-order valence-corrected chi connectivity index (χ0v) is 31.7. The minimum Gasteiger partial charge on any atom is -0.550 e. The smallest absolute Gasteiger partial charge is 0.550 e. The van der Waals surface area contributed by atoms with Gasteiger partial charge in [-0.2, -0.15) is 0 Å². The predicted molar refractivity (Wildman–Crippen MR) is 116 cm³/mol. The molecule has 0 amide bonds. The van der Waals surface area contributed by atoms with E-state index in [1.54, 1.807) is 0 Å². The fourth-order valence-electron chi connectivity index (χ4n) is 1.74. The van der Waals surface area contributed by atoms with Gasteiger partial charge in [0.25, 0.3) is 0 Å². The molecule has 0 aliphatic rings. The first-order valence-electron chi connectivity index (χ1n) is 10.3. The quantitative estimate of drug-likeness (QED) is 0.129. The Morgan fingerprint density at radius 2 is 0.953 bits per heavy atom. The van der Waals surface area contributed by atoms with Crippen LogP contribution in [0.5, 0.6) is 0 Å². The average molecular weight is 763 g/mol. The number of carbonyl (C=O) groups excluding carboxylic acids is 6. The van der Waals surface area contributed by atoms with Crippen molar-refractivity contribution in [3.05, 3.63) is 48.6 Å². The van der Waals surface area contributed by atoms with Crippen LogP contribution in [0.15, 0.2) is 37.2 Å². The van der Waals surface area contributed by atoms with E-state index in [1.807, 2.05) is 0 Å². The van der Waals surface area contributed by atoms with E-state index in [9.17, 15) is 59.4 Å². The predicted octanol–water partition coefficient (Wildman–Crippen LogP) is -8.41. The molecule has 0 aliphatic heterocycles. The van der Waals surface area contributed by atoms with Crippen molar-refractivity contribution in [3.63, 3.8) is 0 Å². The number of nitrogens with one attached hydrogen (secondary N) is 2. The van der Waals surface area contributed by atoms with Crippen LogP contribution in [0.3, 0.4) is 0 Å². The minimum atomic E-state index is -2.33. The number of aromatic amines is 2. The topological polar surface area (TPSA) is 339 Å². The van der Waals surface area contributed by atoms with Gasteiger partial charge in [0, 0.05) is 24.8 Å². The fraction of sp³-hybridized carbons (Fsp3) is 0.273. The second-order valence-corrected chi connectivity index (χ2v) is 7.54. The van der Waals surface area contributed by atoms with E-state index in [0.717, 1.165) is 26.0 Å². The van der Waals surface area contributed by atoms with Crippen LogP contribution in [0.2, 0.25) is 0 Å². The summed E-state index contributed by atoms with van der Waals surface area (Å²) < 4.78 is 0. The van der Waals surface area contributed by atoms with Crippen LogP contribution in [-0.4, -0.2) is 77.2 Å². The molecule has 2 aromatic rings. The molecule has 4 N–H and O–H groups in total. The van der Waals surface area contributed by atoms with Crippen molar-refractivity contribution in [3.8, 4) is 0 Å². The molecule has 0 saturated heterocycles. The van der Waals surface area contributed by atoms with Gasteiger partial charge in [-0.25, -0.2) is 9.97 Å². The Bertz CT molecular complexity index is 1090. The Morgan fingerprint density at radius 3 is 1.09 bits per heavy atom. The van der Waals surface area contributed by atoms with Crippen molar-refractivity contribution in [2.75, 3.05) is 0 Å². The van der Waals surface area contributed by atoms with Crippen LogP contribution in [0, 0.1) is 0 Å². The number of aliphatic carboxylic acids is 6. The number of imidazole rings is 2. The van der Waals surface area contributed by atoms with E-state index < -0.39 is 59.9 Å². The van der Waals surface area contributed by atoms with Crippen molar-refractivity contribution >= 4 is 48.0 Å². The van der Waals surface area contributed by atoms with E-state index in [-0.39, 0.29) is 58.4 Å². The van der Waals surface area contributed by atoms with Crippen LogP contribution in [0.25, 0.3) is 12.2 Å². The van der Waals surface area contributed by atoms with Gasteiger partial charge in [0.15, 0.2) is 0 Å². The SMILES string of the molecule is CC(O)(CC(=O)[O-])C(=O)[O-].CC(O)(CC(=O)[O-])C(=O)[O-].O=C([O-])C=Cc1cnc[nH]1.O=C([O-])C=Cc1cnc[nH]1.[Zn+2].[Zn+2].[Zn+2]. The molecule has 0 saturated carbocycles. The third-order valence-corrected chi connectivity index (χ3v) is 3.69. The van der Waals surface area contributed by atoms with E-state index in [2.05, 4.69) is 19.9 Å². The first-order chi connectivity index (χ1) is 18.3. The van der Waals surface area contributed by atoms with E-state index >= 15 is 0 Å². The molecule has 2 aromatic heterocycles. The number of hydrogen-bond acceptors (Lipinski definition) is 16. The van der Waals surface area contributed by atoms with Gasteiger partial charge in [0.05, 0.1) is 60.3 Å². The largest absolute Gasteiger partial charge is 2.00 e. The summed E-state index contributed by atoms with van der Waals surface area (Å²) in [5.41, 5.74) is -3.38. The molecule has 2 heterocycles. The molecule has 0 bridgehead atoms. The van der Waals surface area contributed by atoms with Crippen molar-refractivity contribution in [2.45, 2.75) is 37.9 Å². The van der Waals surface area contributed by atoms with Crippen LogP contribution >= 0.6 is 0 Å². The van der Waals surface area contributed by atoms with Crippen LogP contribution in [-0.2, 0) is 87.2 Å². The van der Waals surface area contributed by atoms with E-state index in [1.165, 1.54) is 37.2 Å². The number of rotatable bonds is 10. The third-order valence-electron chi connectivity index (χ3n) is 3.69. The second kappa shape index (κ2) is 25.0. The summed E-state index contributed by atoms with van der Waals surface area (Å²) in [4.78, 5) is 71.8. The minimum absolute atomic E-state index is 0. The first-order valence-corrected chi connectivity index (χ1v) is 10.3. The van der Waals surface area contributed by atoms with Gasteiger partial charge in [-0.05, 0) is 38.2 Å². The van der Waals surface area contributed by atoms with Gasteiger partial charge in [-0.1, -0.05) is 0 Å². The summed E-state index contributed by atoms with van der Waals surface area (Å²) >= 11 is 0. The number of nitrogens with zero attached hydrogens (tertiary/aromatic N) is 2. The summed E-state index contributed by atoms with van der Waals surface area (Å²) in [6, 6.07) is 0. The summed E-state index contributed by atoms with van der Waals surface area (Å²) in [6.45, 7) is 1.66. The molecule has 0 aromatic carbocycles. The Hall–Kier alpha value is -3.49. The number of carbonyl (C=O) groups is 6. The average Bonchev–Trinajstić information content (AvgIpc) is 3.50. The maximum absolute atomic E-state index is 9.90. The maximum Gasteiger partial charge on any atom is 2.00 e. The number of carboxylic acids is 6. The molecule has 18 nitrogen and oxygen atoms in total. The molecule has 43 heavy (non-hydrogen) atoms. The molecule has 2 unspecified atom stereocenters. The van der Waals surface area contributed by atoms with Crippen molar-refractivity contribution in [1.29, 1.82) is 0 Å². The Balaban J connectivity index is -0.000000146. The summed E-state index contributed by atoms with van der Waals surface area (Å²) in [5.74, 6) is -9.33. The molecule has 2 rings (SSSR count). The number of carboxylic acid groups (broad SMARTS) is 6. The van der Waals surface area contributed by atoms with Gasteiger partial charge in [0.1, 0.15) is 11.2 Å². The molecule has 0 fully saturated rings. The van der Waals surface area contributed by atoms with Gasteiger partial charge in [0.2, 0.25) is 0 Å². The van der Waals surface area contributed by atoms with Gasteiger partial charge < -0.3 is 79.6 Å². The summed E-state index contributed by atoms with van der Waals surface area (Å²) in [7, 11) is 0. The second-order valence-electron chi connectivity index (χ2n) is 7.54. The molecule has 220 valence electrons. The van der Waals surface area contributed by atoms with Crippen molar-refractivity contribution < 1.29 is 128 Å². The maximum atomic E-state index is 9.90. The Kier molecular flexibility index (Phi) is 28.7. The summed E-state index contributed by atoms with van der Waals surface area (Å²) in [6.07, 6.45) is 8.67. The Morgan fingerprint density at radius 1 is 0.674 bits per heavy atom. The number of hydrogen-bond donors (Lipinski definition) is 4. The van der Waals surface area contributed by atoms with Gasteiger partial charge >= 0.3 is 58.4 Å². The van der Waals surface area contributed by atoms with Gasteiger partial charge in [-0.3, -0.25) is 0 Å². The normalized spacial score (nSPS) is 12.2. The van der Waals surface area contributed by atoms with Crippen molar-refractivity contribution in [2.24, 2.45) is 0 Å². The number of H-pyrrole nitrogens is 2. The van der Waals surface area contributed by atoms with E-state index in [0.29, 0.717) is 11.4 Å². The monoisotopic (exact) mass is 758 g/mol. The number of aliphatic hydroxyl groups is 2. The van der Waals surface area contributed by atoms with Crippen molar-refractivity contribution in [1.82, 2.24) is 19.9 Å². The zero-order chi connectivity index (χ0) is 31.5. The molecular weight excluding hydrogens is 740 g/mol. The van der Waals surface area contributed by atoms with Gasteiger partial charge in [-0.15, -0.1) is 0 Å². The van der Waals surface area contributed by atoms with Crippen LogP contribution in [0.4, 0.5) is 0 Å². The molecule has 21 heteroatoms. The summed E-state index contributed by atoms with van der Waals surface area (Å²) in [5, 5.41) is 76.4. The Labute approximate surface area is 281 Å². The number of aromatic nitrogens is 4. The van der Waals surface area contributed by atoms with Crippen LogP contribution < -0.4 is 30.6 Å². The molecule has 0 spiro atoms.